The lowest BCUT2D eigenvalue weighted by Crippen LogP contribution is -2.52. The lowest BCUT2D eigenvalue weighted by molar-refractivity contribution is -0.130. The van der Waals surface area contributed by atoms with Crippen LogP contribution >= 0.6 is 0 Å². The Labute approximate surface area is 127 Å². The number of rotatable bonds is 4. The largest absolute Gasteiger partial charge is 0.371 e. The summed E-state index contributed by atoms with van der Waals surface area (Å²) in [6, 6.07) is 9.89. The maximum Gasteiger partial charge on any atom is 0.240 e. The molecule has 1 amide bonds. The van der Waals surface area contributed by atoms with Gasteiger partial charge in [0, 0.05) is 12.1 Å². The van der Waals surface area contributed by atoms with Crippen LogP contribution in [0.1, 0.15) is 32.8 Å². The zero-order valence-corrected chi connectivity index (χ0v) is 13.4. The number of likely N-dealkylation sites (tertiary alicyclic amines) is 1. The quantitative estimate of drug-likeness (QED) is 0.924. The van der Waals surface area contributed by atoms with Crippen molar-refractivity contribution in [2.45, 2.75) is 51.5 Å². The van der Waals surface area contributed by atoms with Crippen LogP contribution in [0.15, 0.2) is 30.3 Å². The third kappa shape index (κ3) is 4.55. The second-order valence-corrected chi connectivity index (χ2v) is 6.79. The molecule has 2 rings (SSSR count). The van der Waals surface area contributed by atoms with E-state index in [1.807, 2.05) is 58.2 Å². The lowest BCUT2D eigenvalue weighted by atomic mass is 10.1. The van der Waals surface area contributed by atoms with Crippen molar-refractivity contribution in [2.75, 3.05) is 13.6 Å². The highest BCUT2D eigenvalue weighted by Gasteiger charge is 2.39. The molecule has 2 atom stereocenters. The van der Waals surface area contributed by atoms with Crippen molar-refractivity contribution in [1.29, 1.82) is 0 Å². The van der Waals surface area contributed by atoms with Crippen LogP contribution in [0.3, 0.4) is 0 Å². The zero-order valence-electron chi connectivity index (χ0n) is 13.4. The molecule has 4 heteroatoms. The van der Waals surface area contributed by atoms with E-state index in [-0.39, 0.29) is 23.6 Å². The predicted molar refractivity (Wildman–Crippen MR) is 83.9 cm³/mol. The minimum Gasteiger partial charge on any atom is -0.371 e. The highest BCUT2D eigenvalue weighted by atomic mass is 16.5. The van der Waals surface area contributed by atoms with Gasteiger partial charge in [-0.05, 0) is 39.8 Å². The summed E-state index contributed by atoms with van der Waals surface area (Å²) < 4.78 is 6.01. The average Bonchev–Trinajstić information content (AvgIpc) is 2.77. The number of hydrogen-bond donors (Lipinski definition) is 1. The minimum atomic E-state index is -0.218. The van der Waals surface area contributed by atoms with Gasteiger partial charge in [-0.3, -0.25) is 9.69 Å². The topological polar surface area (TPSA) is 41.6 Å². The molecule has 116 valence electrons. The Morgan fingerprint density at radius 1 is 1.33 bits per heavy atom. The molecule has 1 aromatic rings. The van der Waals surface area contributed by atoms with Gasteiger partial charge < -0.3 is 10.1 Å². The van der Waals surface area contributed by atoms with Crippen molar-refractivity contribution in [3.05, 3.63) is 35.9 Å². The minimum absolute atomic E-state index is 0.0439. The number of benzene rings is 1. The Morgan fingerprint density at radius 2 is 2.00 bits per heavy atom. The number of amides is 1. The molecule has 0 aliphatic carbocycles. The lowest BCUT2D eigenvalue weighted by Gasteiger charge is -2.29. The van der Waals surface area contributed by atoms with Crippen molar-refractivity contribution < 1.29 is 9.53 Å². The fourth-order valence-electron chi connectivity index (χ4n) is 2.68. The van der Waals surface area contributed by atoms with Gasteiger partial charge in [0.25, 0.3) is 0 Å². The number of likely N-dealkylation sites (N-methyl/N-ethyl adjacent to an activating group) is 1. The van der Waals surface area contributed by atoms with E-state index in [4.69, 9.17) is 4.74 Å². The van der Waals surface area contributed by atoms with Crippen molar-refractivity contribution in [2.24, 2.45) is 0 Å². The van der Waals surface area contributed by atoms with Crippen LogP contribution < -0.4 is 5.32 Å². The Kier molecular flexibility index (Phi) is 5.01. The van der Waals surface area contributed by atoms with E-state index in [2.05, 4.69) is 10.2 Å². The molecular formula is C17H26N2O2. The van der Waals surface area contributed by atoms with Gasteiger partial charge in [0.2, 0.25) is 5.91 Å². The summed E-state index contributed by atoms with van der Waals surface area (Å²) in [6.45, 7) is 7.44. The van der Waals surface area contributed by atoms with Gasteiger partial charge in [0.1, 0.15) is 6.04 Å². The molecule has 1 fully saturated rings. The maximum atomic E-state index is 12.5. The molecular weight excluding hydrogens is 264 g/mol. The van der Waals surface area contributed by atoms with Crippen molar-refractivity contribution in [3.63, 3.8) is 0 Å². The van der Waals surface area contributed by atoms with Crippen molar-refractivity contribution >= 4 is 5.91 Å². The van der Waals surface area contributed by atoms with E-state index in [0.717, 1.165) is 18.5 Å². The third-order valence-corrected chi connectivity index (χ3v) is 3.67. The molecule has 1 heterocycles. The van der Waals surface area contributed by atoms with Crippen LogP contribution in [0.5, 0.6) is 0 Å². The number of nitrogens with one attached hydrogen (secondary N) is 1. The monoisotopic (exact) mass is 290 g/mol. The molecule has 0 bridgehead atoms. The van der Waals surface area contributed by atoms with E-state index < -0.39 is 0 Å². The highest BCUT2D eigenvalue weighted by Crippen LogP contribution is 2.21. The molecule has 1 aromatic carbocycles. The summed E-state index contributed by atoms with van der Waals surface area (Å²) in [5, 5.41) is 3.06. The van der Waals surface area contributed by atoms with E-state index in [1.54, 1.807) is 0 Å². The van der Waals surface area contributed by atoms with Crippen LogP contribution in [-0.4, -0.2) is 42.1 Å². The summed E-state index contributed by atoms with van der Waals surface area (Å²) in [7, 11) is 1.98. The molecule has 1 saturated heterocycles. The maximum absolute atomic E-state index is 12.5. The smallest absolute Gasteiger partial charge is 0.240 e. The molecule has 0 unspecified atom stereocenters. The van der Waals surface area contributed by atoms with Gasteiger partial charge in [0.05, 0.1) is 12.7 Å². The van der Waals surface area contributed by atoms with Crippen LogP contribution in [-0.2, 0) is 16.1 Å². The Bertz CT molecular complexity index is 467. The first-order chi connectivity index (χ1) is 9.87. The normalized spacial score (nSPS) is 23.2. The Hall–Kier alpha value is -1.39. The molecule has 1 aliphatic rings. The van der Waals surface area contributed by atoms with Gasteiger partial charge in [-0.2, -0.15) is 0 Å². The van der Waals surface area contributed by atoms with Crippen LogP contribution in [0.25, 0.3) is 0 Å². The summed E-state index contributed by atoms with van der Waals surface area (Å²) >= 11 is 0. The number of nitrogens with zero attached hydrogens (tertiary/aromatic N) is 1. The van der Waals surface area contributed by atoms with Crippen molar-refractivity contribution in [3.8, 4) is 0 Å². The fraction of sp³-hybridized carbons (Fsp3) is 0.588. The Balaban J connectivity index is 1.96. The van der Waals surface area contributed by atoms with Gasteiger partial charge >= 0.3 is 0 Å². The molecule has 21 heavy (non-hydrogen) atoms. The second-order valence-electron chi connectivity index (χ2n) is 6.79. The average molecular weight is 290 g/mol. The first-order valence-corrected chi connectivity index (χ1v) is 7.54. The van der Waals surface area contributed by atoms with Gasteiger partial charge in [-0.1, -0.05) is 30.3 Å². The van der Waals surface area contributed by atoms with E-state index in [9.17, 15) is 4.79 Å². The van der Waals surface area contributed by atoms with Gasteiger partial charge in [0.15, 0.2) is 0 Å². The standard InChI is InChI=1S/C17H26N2O2/c1-17(2,3)18-16(20)15-14(10-11-19(15)4)21-12-13-8-6-5-7-9-13/h5-9,14-15H,10-12H2,1-4H3,(H,18,20)/t14-,15-/m0/s1. The van der Waals surface area contributed by atoms with Gasteiger partial charge in [-0.15, -0.1) is 0 Å². The second kappa shape index (κ2) is 6.58. The fourth-order valence-corrected chi connectivity index (χ4v) is 2.68. The Morgan fingerprint density at radius 3 is 2.62 bits per heavy atom. The van der Waals surface area contributed by atoms with E-state index in [0.29, 0.717) is 6.61 Å². The molecule has 1 N–H and O–H groups in total. The SMILES string of the molecule is CN1CC[C@H](OCc2ccccc2)[C@H]1C(=O)NC(C)(C)C. The molecule has 0 spiro atoms. The summed E-state index contributed by atoms with van der Waals surface area (Å²) in [4.78, 5) is 14.5. The molecule has 1 aliphatic heterocycles. The highest BCUT2D eigenvalue weighted by molar-refractivity contribution is 5.83. The first-order valence-electron chi connectivity index (χ1n) is 7.54. The third-order valence-electron chi connectivity index (χ3n) is 3.67. The molecule has 4 nitrogen and oxygen atoms in total. The number of ether oxygens (including phenoxy) is 1. The number of carbonyl (C=O) groups is 1. The van der Waals surface area contributed by atoms with Crippen LogP contribution in [0.2, 0.25) is 0 Å². The molecule has 0 radical (unpaired) electrons. The predicted octanol–water partition coefficient (Wildman–Crippen LogP) is 2.19. The number of hydrogen-bond acceptors (Lipinski definition) is 3. The van der Waals surface area contributed by atoms with Crippen LogP contribution in [0.4, 0.5) is 0 Å². The van der Waals surface area contributed by atoms with Crippen molar-refractivity contribution in [1.82, 2.24) is 10.2 Å². The van der Waals surface area contributed by atoms with E-state index in [1.165, 1.54) is 0 Å². The van der Waals surface area contributed by atoms with E-state index >= 15 is 0 Å². The first kappa shape index (κ1) is 16.0. The summed E-state index contributed by atoms with van der Waals surface area (Å²) in [5.74, 6) is 0.0561. The zero-order chi connectivity index (χ0) is 15.5. The van der Waals surface area contributed by atoms with Crippen LogP contribution in [0, 0.1) is 0 Å². The summed E-state index contributed by atoms with van der Waals surface area (Å²) in [5.41, 5.74) is 0.923. The molecule has 0 aromatic heterocycles. The molecule has 0 saturated carbocycles. The van der Waals surface area contributed by atoms with Gasteiger partial charge in [-0.25, -0.2) is 0 Å². The summed E-state index contributed by atoms with van der Waals surface area (Å²) in [6.07, 6.45) is 0.850. The number of carbonyl (C=O) groups excluding carboxylic acids is 1.